The van der Waals surface area contributed by atoms with Crippen molar-refractivity contribution in [2.45, 2.75) is 19.3 Å². The Morgan fingerprint density at radius 1 is 1.38 bits per heavy atom. The molecule has 1 N–H and O–H groups in total. The van der Waals surface area contributed by atoms with Crippen molar-refractivity contribution >= 4 is 33.2 Å². The molecule has 0 unspecified atom stereocenters. The molecule has 16 heavy (non-hydrogen) atoms. The van der Waals surface area contributed by atoms with Crippen molar-refractivity contribution in [3.63, 3.8) is 0 Å². The van der Waals surface area contributed by atoms with Gasteiger partial charge in [0.1, 0.15) is 17.7 Å². The van der Waals surface area contributed by atoms with E-state index >= 15 is 0 Å². The van der Waals surface area contributed by atoms with Crippen LogP contribution in [0.5, 0.6) is 0 Å². The zero-order chi connectivity index (χ0) is 11.6. The Labute approximate surface area is 109 Å². The third-order valence-electron chi connectivity index (χ3n) is 3.28. The largest absolute Gasteiger partial charge is 0.241 e. The van der Waals surface area contributed by atoms with E-state index in [-0.39, 0.29) is 0 Å². The minimum Gasteiger partial charge on any atom is -0.241 e. The maximum absolute atomic E-state index is 6.10. The van der Waals surface area contributed by atoms with Gasteiger partial charge in [0.15, 0.2) is 5.69 Å². The lowest BCUT2D eigenvalue weighted by molar-refractivity contribution is 0.173. The Morgan fingerprint density at radius 3 is 2.62 bits per heavy atom. The third-order valence-corrected chi connectivity index (χ3v) is 4.43. The summed E-state index contributed by atoms with van der Waals surface area (Å²) in [5.41, 5.74) is 4.55. The lowest BCUT2D eigenvalue weighted by atomic mass is 10.1. The summed E-state index contributed by atoms with van der Waals surface area (Å²) in [6.45, 7) is 2.21. The number of piperidine rings is 1. The Kier molecular flexibility index (Phi) is 3.85. The summed E-state index contributed by atoms with van der Waals surface area (Å²) < 4.78 is 1.50. The highest BCUT2D eigenvalue weighted by molar-refractivity contribution is 9.10. The third kappa shape index (κ3) is 2.25. The molecule has 1 aliphatic rings. The van der Waals surface area contributed by atoms with Crippen molar-refractivity contribution in [1.82, 2.24) is 15.0 Å². The highest BCUT2D eigenvalue weighted by atomic mass is 79.9. The fourth-order valence-electron chi connectivity index (χ4n) is 2.31. The standard InChI is InChI=1S/C11H16BrClN3/c1-14-16(5-3-2-4-6-16)9-7-10(13)11(12)15-8-9/h7-8,14H,2-6H2,1H3/q+1. The first-order valence-electron chi connectivity index (χ1n) is 5.56. The number of pyridine rings is 1. The SMILES string of the molecule is CN[N+]1(c2cnc(Br)c(Cl)c2)CCCCC1. The van der Waals surface area contributed by atoms with Crippen LogP contribution < -0.4 is 10.0 Å². The molecular weight excluding hydrogens is 289 g/mol. The lowest BCUT2D eigenvalue weighted by Crippen LogP contribution is -2.60. The van der Waals surface area contributed by atoms with Crippen LogP contribution in [0, 0.1) is 0 Å². The summed E-state index contributed by atoms with van der Waals surface area (Å²) in [4.78, 5) is 4.28. The number of nitrogens with one attached hydrogen (secondary N) is 1. The number of quaternary nitrogens is 1. The van der Waals surface area contributed by atoms with E-state index in [1.807, 2.05) is 19.3 Å². The van der Waals surface area contributed by atoms with Gasteiger partial charge in [-0.15, -0.1) is 0 Å². The average Bonchev–Trinajstić information content (AvgIpc) is 2.33. The molecule has 0 saturated carbocycles. The van der Waals surface area contributed by atoms with Crippen LogP contribution in [-0.2, 0) is 0 Å². The molecule has 0 spiro atoms. The Balaban J connectivity index is 2.35. The number of rotatable bonds is 2. The van der Waals surface area contributed by atoms with Crippen molar-refractivity contribution in [2.75, 3.05) is 20.1 Å². The van der Waals surface area contributed by atoms with Crippen LogP contribution in [0.25, 0.3) is 0 Å². The van der Waals surface area contributed by atoms with Crippen LogP contribution in [0.4, 0.5) is 5.69 Å². The van der Waals surface area contributed by atoms with E-state index in [0.717, 1.165) is 23.4 Å². The van der Waals surface area contributed by atoms with Crippen molar-refractivity contribution in [1.29, 1.82) is 0 Å². The summed E-state index contributed by atoms with van der Waals surface area (Å²) in [5.74, 6) is 0. The van der Waals surface area contributed by atoms with Crippen LogP contribution in [0.1, 0.15) is 19.3 Å². The van der Waals surface area contributed by atoms with Crippen LogP contribution in [0.2, 0.25) is 5.02 Å². The summed E-state index contributed by atoms with van der Waals surface area (Å²) in [7, 11) is 2.00. The minimum atomic E-state index is 0.677. The molecule has 0 radical (unpaired) electrons. The number of aromatic nitrogens is 1. The number of hydrogen-bond acceptors (Lipinski definition) is 2. The summed E-state index contributed by atoms with van der Waals surface area (Å²) in [5, 5.41) is 0.677. The van der Waals surface area contributed by atoms with E-state index in [0.29, 0.717) is 9.63 Å². The highest BCUT2D eigenvalue weighted by Crippen LogP contribution is 2.30. The molecule has 88 valence electrons. The van der Waals surface area contributed by atoms with Gasteiger partial charge in [-0.2, -0.15) is 5.43 Å². The average molecular weight is 306 g/mol. The first kappa shape index (κ1) is 12.3. The quantitative estimate of drug-likeness (QED) is 0.671. The Hall–Kier alpha value is -0.160. The second-order valence-electron chi connectivity index (χ2n) is 4.17. The summed E-state index contributed by atoms with van der Waals surface area (Å²) in [6.07, 6.45) is 5.71. The fourth-order valence-corrected chi connectivity index (χ4v) is 2.69. The molecule has 2 rings (SSSR count). The molecule has 5 heteroatoms. The Bertz CT molecular complexity index is 377. The fraction of sp³-hybridized carbons (Fsp3) is 0.545. The van der Waals surface area contributed by atoms with Gasteiger partial charge in [-0.1, -0.05) is 11.6 Å². The highest BCUT2D eigenvalue weighted by Gasteiger charge is 2.32. The topological polar surface area (TPSA) is 24.9 Å². The number of halogens is 2. The van der Waals surface area contributed by atoms with E-state index in [2.05, 4.69) is 26.3 Å². The molecule has 1 aliphatic heterocycles. The predicted octanol–water partition coefficient (Wildman–Crippen LogP) is 3.12. The molecule has 0 aromatic carbocycles. The molecule has 1 fully saturated rings. The monoisotopic (exact) mass is 304 g/mol. The van der Waals surface area contributed by atoms with Gasteiger partial charge >= 0.3 is 0 Å². The van der Waals surface area contributed by atoms with Gasteiger partial charge in [0.2, 0.25) is 0 Å². The van der Waals surface area contributed by atoms with Gasteiger partial charge in [0.05, 0.1) is 11.2 Å². The van der Waals surface area contributed by atoms with Crippen molar-refractivity contribution in [2.24, 2.45) is 0 Å². The van der Waals surface area contributed by atoms with Crippen molar-refractivity contribution in [3.8, 4) is 0 Å². The molecule has 0 amide bonds. The summed E-state index contributed by atoms with van der Waals surface area (Å²) >= 11 is 9.43. The van der Waals surface area contributed by atoms with E-state index in [4.69, 9.17) is 11.6 Å². The lowest BCUT2D eigenvalue weighted by Gasteiger charge is -2.39. The van der Waals surface area contributed by atoms with Crippen LogP contribution >= 0.6 is 27.5 Å². The van der Waals surface area contributed by atoms with E-state index in [1.54, 1.807) is 0 Å². The van der Waals surface area contributed by atoms with Gasteiger partial charge < -0.3 is 0 Å². The molecule has 0 atom stereocenters. The maximum Gasteiger partial charge on any atom is 0.172 e. The normalized spacial score (nSPS) is 19.7. The molecular formula is C11H16BrClN3+. The second kappa shape index (κ2) is 5.00. The second-order valence-corrected chi connectivity index (χ2v) is 5.32. The van der Waals surface area contributed by atoms with E-state index in [1.165, 1.54) is 19.3 Å². The van der Waals surface area contributed by atoms with Crippen molar-refractivity contribution in [3.05, 3.63) is 21.9 Å². The zero-order valence-electron chi connectivity index (χ0n) is 9.34. The molecule has 2 heterocycles. The first-order chi connectivity index (χ1) is 7.68. The van der Waals surface area contributed by atoms with Crippen LogP contribution in [0.3, 0.4) is 0 Å². The molecule has 0 bridgehead atoms. The van der Waals surface area contributed by atoms with Gasteiger partial charge in [-0.05, 0) is 35.2 Å². The summed E-state index contributed by atoms with van der Waals surface area (Å²) in [6, 6.07) is 2.00. The van der Waals surface area contributed by atoms with Crippen LogP contribution in [0.15, 0.2) is 16.9 Å². The smallest absolute Gasteiger partial charge is 0.172 e. The zero-order valence-corrected chi connectivity index (χ0v) is 11.7. The van der Waals surface area contributed by atoms with E-state index < -0.39 is 0 Å². The molecule has 0 aliphatic carbocycles. The molecule has 3 nitrogen and oxygen atoms in total. The van der Waals surface area contributed by atoms with Gasteiger partial charge in [-0.3, -0.25) is 0 Å². The minimum absolute atomic E-state index is 0.677. The first-order valence-corrected chi connectivity index (χ1v) is 6.73. The van der Waals surface area contributed by atoms with Gasteiger partial charge in [-0.25, -0.2) is 9.58 Å². The number of hydrogen-bond donors (Lipinski definition) is 1. The van der Waals surface area contributed by atoms with Gasteiger partial charge in [0.25, 0.3) is 0 Å². The predicted molar refractivity (Wildman–Crippen MR) is 71.4 cm³/mol. The van der Waals surface area contributed by atoms with Gasteiger partial charge in [0, 0.05) is 13.1 Å². The van der Waals surface area contributed by atoms with Crippen molar-refractivity contribution < 1.29 is 0 Å². The molecule has 1 aromatic heterocycles. The maximum atomic E-state index is 6.10. The molecule has 1 aromatic rings. The van der Waals surface area contributed by atoms with E-state index in [9.17, 15) is 0 Å². The van der Waals surface area contributed by atoms with Crippen LogP contribution in [-0.4, -0.2) is 25.1 Å². The Morgan fingerprint density at radius 2 is 2.06 bits per heavy atom. The molecule has 1 saturated heterocycles. The number of nitrogens with zero attached hydrogens (tertiary/aromatic N) is 2.